The van der Waals surface area contributed by atoms with Gasteiger partial charge in [0.2, 0.25) is 5.91 Å². The first-order valence-electron chi connectivity index (χ1n) is 4.95. The van der Waals surface area contributed by atoms with Crippen LogP contribution in [0.2, 0.25) is 0 Å². The molecule has 4 nitrogen and oxygen atoms in total. The molecule has 5 heteroatoms. The number of hydrogen-bond donors (Lipinski definition) is 1. The normalized spacial score (nSPS) is 27.8. The third-order valence-electron chi connectivity index (χ3n) is 2.90. The van der Waals surface area contributed by atoms with Crippen molar-refractivity contribution in [2.24, 2.45) is 0 Å². The Bertz CT molecular complexity index is 329. The molecule has 1 unspecified atom stereocenters. The Hall–Kier alpha value is -0.560. The predicted octanol–water partition coefficient (Wildman–Crippen LogP) is 0.870. The number of halogens is 1. The first-order valence-corrected chi connectivity index (χ1v) is 5.92. The van der Waals surface area contributed by atoms with Crippen molar-refractivity contribution >= 4 is 28.8 Å². The van der Waals surface area contributed by atoms with E-state index in [4.69, 9.17) is 0 Å². The standard InChI is InChI=1S/C10H14IN3O/c1-7-8(2)14(11)10(15)5-9-6-12-3-4-13(7)9/h9,12H,1-6H2. The Kier molecular flexibility index (Phi) is 3.01. The first kappa shape index (κ1) is 10.9. The van der Waals surface area contributed by atoms with Crippen molar-refractivity contribution in [1.82, 2.24) is 13.3 Å². The molecule has 15 heavy (non-hydrogen) atoms. The van der Waals surface area contributed by atoms with Crippen LogP contribution in [0, 0.1) is 0 Å². The fraction of sp³-hybridized carbons (Fsp3) is 0.500. The minimum absolute atomic E-state index is 0.109. The van der Waals surface area contributed by atoms with E-state index in [-0.39, 0.29) is 11.9 Å². The topological polar surface area (TPSA) is 35.6 Å². The van der Waals surface area contributed by atoms with Crippen LogP contribution in [0.5, 0.6) is 0 Å². The van der Waals surface area contributed by atoms with Crippen molar-refractivity contribution in [2.75, 3.05) is 19.6 Å². The van der Waals surface area contributed by atoms with Gasteiger partial charge in [0.25, 0.3) is 0 Å². The smallest absolute Gasteiger partial charge is 0.238 e. The molecule has 0 aromatic carbocycles. The summed E-state index contributed by atoms with van der Waals surface area (Å²) in [5.41, 5.74) is 1.59. The lowest BCUT2D eigenvalue weighted by Gasteiger charge is -2.36. The molecular weight excluding hydrogens is 305 g/mol. The van der Waals surface area contributed by atoms with Crippen molar-refractivity contribution < 1.29 is 4.79 Å². The maximum atomic E-state index is 11.8. The highest BCUT2D eigenvalue weighted by atomic mass is 127. The van der Waals surface area contributed by atoms with Crippen LogP contribution in [0.1, 0.15) is 6.42 Å². The summed E-state index contributed by atoms with van der Waals surface area (Å²) in [5, 5.41) is 3.30. The fourth-order valence-corrected chi connectivity index (χ4v) is 2.49. The number of piperazine rings is 1. The monoisotopic (exact) mass is 319 g/mol. The van der Waals surface area contributed by atoms with Gasteiger partial charge in [-0.3, -0.25) is 7.91 Å². The largest absolute Gasteiger partial charge is 0.364 e. The zero-order chi connectivity index (χ0) is 11.0. The molecule has 2 heterocycles. The van der Waals surface area contributed by atoms with E-state index in [1.165, 1.54) is 0 Å². The minimum atomic E-state index is 0.109. The van der Waals surface area contributed by atoms with Crippen molar-refractivity contribution in [3.63, 3.8) is 0 Å². The van der Waals surface area contributed by atoms with Crippen LogP contribution in [-0.4, -0.2) is 39.6 Å². The highest BCUT2D eigenvalue weighted by molar-refractivity contribution is 14.1. The molecule has 1 N–H and O–H groups in total. The van der Waals surface area contributed by atoms with Crippen LogP contribution in [-0.2, 0) is 4.79 Å². The lowest BCUT2D eigenvalue weighted by Crippen LogP contribution is -2.50. The van der Waals surface area contributed by atoms with Gasteiger partial charge in [-0.2, -0.15) is 0 Å². The van der Waals surface area contributed by atoms with E-state index in [9.17, 15) is 4.79 Å². The van der Waals surface area contributed by atoms with Crippen molar-refractivity contribution in [2.45, 2.75) is 12.5 Å². The number of carbonyl (C=O) groups is 1. The number of nitrogens with zero attached hydrogens (tertiary/aromatic N) is 2. The van der Waals surface area contributed by atoms with Gasteiger partial charge in [-0.1, -0.05) is 13.2 Å². The highest BCUT2D eigenvalue weighted by Crippen LogP contribution is 2.28. The second kappa shape index (κ2) is 4.13. The summed E-state index contributed by atoms with van der Waals surface area (Å²) in [6.45, 7) is 10.6. The molecule has 0 spiro atoms. The van der Waals surface area contributed by atoms with Gasteiger partial charge in [0.15, 0.2) is 0 Å². The molecule has 2 rings (SSSR count). The summed E-state index contributed by atoms with van der Waals surface area (Å²) in [7, 11) is 0. The zero-order valence-corrected chi connectivity index (χ0v) is 10.7. The molecule has 0 aromatic rings. The quantitative estimate of drug-likeness (QED) is 0.532. The minimum Gasteiger partial charge on any atom is -0.364 e. The van der Waals surface area contributed by atoms with Crippen LogP contribution in [0.4, 0.5) is 0 Å². The van der Waals surface area contributed by atoms with Gasteiger partial charge in [0.05, 0.1) is 40.3 Å². The summed E-state index contributed by atoms with van der Waals surface area (Å²) >= 11 is 2.00. The van der Waals surface area contributed by atoms with Crippen LogP contribution in [0.3, 0.4) is 0 Å². The van der Waals surface area contributed by atoms with Gasteiger partial charge in [0.1, 0.15) is 0 Å². The molecule has 1 amide bonds. The number of rotatable bonds is 0. The van der Waals surface area contributed by atoms with Gasteiger partial charge in [-0.05, 0) is 0 Å². The van der Waals surface area contributed by atoms with Gasteiger partial charge in [0, 0.05) is 26.1 Å². The van der Waals surface area contributed by atoms with E-state index in [1.54, 1.807) is 3.11 Å². The molecule has 0 aliphatic carbocycles. The third kappa shape index (κ3) is 1.90. The Labute approximate surface area is 103 Å². The summed E-state index contributed by atoms with van der Waals surface area (Å²) < 4.78 is 1.58. The van der Waals surface area contributed by atoms with E-state index >= 15 is 0 Å². The Balaban J connectivity index is 2.28. The molecule has 0 bridgehead atoms. The molecule has 2 saturated heterocycles. The van der Waals surface area contributed by atoms with E-state index in [0.29, 0.717) is 12.1 Å². The van der Waals surface area contributed by atoms with Gasteiger partial charge in [-0.25, -0.2) is 0 Å². The average Bonchev–Trinajstić information content (AvgIpc) is 2.32. The number of amides is 1. The lowest BCUT2D eigenvalue weighted by molar-refractivity contribution is -0.124. The van der Waals surface area contributed by atoms with E-state index in [0.717, 1.165) is 25.3 Å². The van der Waals surface area contributed by atoms with Gasteiger partial charge >= 0.3 is 0 Å². The predicted molar refractivity (Wildman–Crippen MR) is 67.1 cm³/mol. The SMILES string of the molecule is C=C1C(=C)N2CCNCC2CC(=O)N1I. The molecule has 0 saturated carbocycles. The van der Waals surface area contributed by atoms with E-state index < -0.39 is 0 Å². The van der Waals surface area contributed by atoms with Crippen LogP contribution >= 0.6 is 22.9 Å². The molecule has 82 valence electrons. The molecular formula is C10H14IN3O. The maximum absolute atomic E-state index is 11.8. The molecule has 2 aliphatic heterocycles. The molecule has 0 aromatic heterocycles. The van der Waals surface area contributed by atoms with Crippen LogP contribution in [0.15, 0.2) is 24.6 Å². The second-order valence-corrected chi connectivity index (χ2v) is 4.79. The number of nitrogens with one attached hydrogen (secondary N) is 1. The Morgan fingerprint density at radius 3 is 2.87 bits per heavy atom. The molecule has 0 radical (unpaired) electrons. The number of carbonyl (C=O) groups excluding carboxylic acids is 1. The number of hydrogen-bond acceptors (Lipinski definition) is 3. The summed E-state index contributed by atoms with van der Waals surface area (Å²) in [6, 6.07) is 0.232. The second-order valence-electron chi connectivity index (χ2n) is 3.82. The maximum Gasteiger partial charge on any atom is 0.238 e. The molecule has 2 fully saturated rings. The average molecular weight is 319 g/mol. The molecule has 2 aliphatic rings. The number of fused-ring (bicyclic) bond motifs is 1. The van der Waals surface area contributed by atoms with Crippen LogP contribution in [0.25, 0.3) is 0 Å². The highest BCUT2D eigenvalue weighted by Gasteiger charge is 2.33. The van der Waals surface area contributed by atoms with Gasteiger partial charge < -0.3 is 10.2 Å². The van der Waals surface area contributed by atoms with Crippen molar-refractivity contribution in [3.8, 4) is 0 Å². The van der Waals surface area contributed by atoms with Crippen molar-refractivity contribution in [3.05, 3.63) is 24.6 Å². The third-order valence-corrected chi connectivity index (χ3v) is 4.02. The summed E-state index contributed by atoms with van der Waals surface area (Å²) in [5.74, 6) is 0.109. The van der Waals surface area contributed by atoms with E-state index in [1.807, 2.05) is 22.9 Å². The van der Waals surface area contributed by atoms with Crippen molar-refractivity contribution in [1.29, 1.82) is 0 Å². The van der Waals surface area contributed by atoms with E-state index in [2.05, 4.69) is 23.4 Å². The first-order chi connectivity index (χ1) is 7.11. The van der Waals surface area contributed by atoms with Gasteiger partial charge in [-0.15, -0.1) is 0 Å². The summed E-state index contributed by atoms with van der Waals surface area (Å²) in [6.07, 6.45) is 0.536. The summed E-state index contributed by atoms with van der Waals surface area (Å²) in [4.78, 5) is 14.0. The van der Waals surface area contributed by atoms with Crippen LogP contribution < -0.4 is 5.32 Å². The lowest BCUT2D eigenvalue weighted by atomic mass is 10.1. The Morgan fingerprint density at radius 2 is 2.13 bits per heavy atom. The Morgan fingerprint density at radius 1 is 1.40 bits per heavy atom. The molecule has 1 atom stereocenters. The fourth-order valence-electron chi connectivity index (χ4n) is 2.01. The zero-order valence-electron chi connectivity index (χ0n) is 8.50.